The largest absolute Gasteiger partial charge is 0.369 e. The van der Waals surface area contributed by atoms with Crippen molar-refractivity contribution in [1.82, 2.24) is 0 Å². The number of anilines is 1. The van der Waals surface area contributed by atoms with Gasteiger partial charge in [-0.25, -0.2) is 4.39 Å². The number of nitrogens with two attached hydrogens (primary N) is 1. The Bertz CT molecular complexity index is 599. The fraction of sp³-hybridized carbons (Fsp3) is 0.250. The third-order valence-electron chi connectivity index (χ3n) is 3.27. The van der Waals surface area contributed by atoms with Crippen LogP contribution in [0, 0.1) is 5.82 Å². The van der Waals surface area contributed by atoms with Gasteiger partial charge in [0.25, 0.3) is 0 Å². The molecule has 0 aliphatic heterocycles. The van der Waals surface area contributed by atoms with E-state index in [-0.39, 0.29) is 11.9 Å². The Hall–Kier alpha value is -1.58. The predicted molar refractivity (Wildman–Crippen MR) is 82.6 cm³/mol. The second kappa shape index (κ2) is 6.25. The number of halogens is 2. The van der Waals surface area contributed by atoms with Crippen LogP contribution in [0.15, 0.2) is 42.5 Å². The van der Waals surface area contributed by atoms with Crippen molar-refractivity contribution in [2.24, 2.45) is 5.73 Å². The van der Waals surface area contributed by atoms with Gasteiger partial charge in [0.2, 0.25) is 0 Å². The van der Waals surface area contributed by atoms with Crippen LogP contribution >= 0.6 is 11.6 Å². The molecule has 2 nitrogen and oxygen atoms in total. The first kappa shape index (κ1) is 14.8. The van der Waals surface area contributed by atoms with E-state index in [0.29, 0.717) is 17.1 Å². The molecular formula is C16H18ClFN2. The summed E-state index contributed by atoms with van der Waals surface area (Å²) in [4.78, 5) is 1.92. The molecule has 0 saturated carbocycles. The Morgan fingerprint density at radius 3 is 2.55 bits per heavy atom. The lowest BCUT2D eigenvalue weighted by Gasteiger charge is -2.22. The van der Waals surface area contributed by atoms with E-state index < -0.39 is 0 Å². The maximum absolute atomic E-state index is 13.7. The number of rotatable bonds is 4. The van der Waals surface area contributed by atoms with Gasteiger partial charge in [-0.15, -0.1) is 0 Å². The molecule has 0 unspecified atom stereocenters. The summed E-state index contributed by atoms with van der Waals surface area (Å²) in [5, 5.41) is 0.624. The molecule has 0 fully saturated rings. The van der Waals surface area contributed by atoms with Gasteiger partial charge in [-0.1, -0.05) is 35.9 Å². The first-order chi connectivity index (χ1) is 9.49. The van der Waals surface area contributed by atoms with Gasteiger partial charge < -0.3 is 10.6 Å². The fourth-order valence-corrected chi connectivity index (χ4v) is 2.42. The van der Waals surface area contributed by atoms with E-state index in [2.05, 4.69) is 0 Å². The van der Waals surface area contributed by atoms with Gasteiger partial charge in [-0.05, 0) is 30.7 Å². The van der Waals surface area contributed by atoms with Gasteiger partial charge >= 0.3 is 0 Å². The molecule has 20 heavy (non-hydrogen) atoms. The zero-order valence-electron chi connectivity index (χ0n) is 11.6. The highest BCUT2D eigenvalue weighted by Crippen LogP contribution is 2.29. The molecule has 0 aromatic heterocycles. The van der Waals surface area contributed by atoms with Crippen LogP contribution in [0.3, 0.4) is 0 Å². The molecule has 0 heterocycles. The molecule has 2 aromatic rings. The zero-order chi connectivity index (χ0) is 14.7. The number of benzene rings is 2. The summed E-state index contributed by atoms with van der Waals surface area (Å²) in [6.45, 7) is 2.37. The minimum Gasteiger partial charge on any atom is -0.369 e. The topological polar surface area (TPSA) is 29.3 Å². The summed E-state index contributed by atoms with van der Waals surface area (Å²) in [5.74, 6) is -0.206. The van der Waals surface area contributed by atoms with Gasteiger partial charge in [0.15, 0.2) is 0 Å². The van der Waals surface area contributed by atoms with E-state index in [0.717, 1.165) is 11.3 Å². The predicted octanol–water partition coefficient (Wildman–Crippen LogP) is 4.14. The maximum Gasteiger partial charge on any atom is 0.128 e. The van der Waals surface area contributed by atoms with Crippen LogP contribution in [0.25, 0.3) is 0 Å². The third-order valence-corrected chi connectivity index (χ3v) is 3.58. The van der Waals surface area contributed by atoms with Crippen LogP contribution in [0.2, 0.25) is 5.02 Å². The second-order valence-corrected chi connectivity index (χ2v) is 5.35. The summed E-state index contributed by atoms with van der Waals surface area (Å²) in [6, 6.07) is 12.4. The highest BCUT2D eigenvalue weighted by Gasteiger charge is 2.11. The van der Waals surface area contributed by atoms with Crippen LogP contribution in [0.1, 0.15) is 24.1 Å². The second-order valence-electron chi connectivity index (χ2n) is 4.95. The molecule has 0 amide bonds. The SMILES string of the molecule is C[C@@H](N)c1ccc(N(C)Cc2ccccc2F)c(Cl)c1. The molecule has 0 radical (unpaired) electrons. The molecular weight excluding hydrogens is 275 g/mol. The summed E-state index contributed by atoms with van der Waals surface area (Å²) < 4.78 is 13.7. The maximum atomic E-state index is 13.7. The highest BCUT2D eigenvalue weighted by atomic mass is 35.5. The first-order valence-electron chi connectivity index (χ1n) is 6.48. The quantitative estimate of drug-likeness (QED) is 0.918. The average Bonchev–Trinajstić information content (AvgIpc) is 2.41. The Morgan fingerprint density at radius 2 is 1.95 bits per heavy atom. The van der Waals surface area contributed by atoms with Gasteiger partial charge in [-0.2, -0.15) is 0 Å². The Kier molecular flexibility index (Phi) is 4.63. The van der Waals surface area contributed by atoms with Crippen molar-refractivity contribution in [1.29, 1.82) is 0 Å². The summed E-state index contributed by atoms with van der Waals surface area (Å²) in [6.07, 6.45) is 0. The number of hydrogen-bond acceptors (Lipinski definition) is 2. The van der Waals surface area contributed by atoms with Crippen LogP contribution in [0.4, 0.5) is 10.1 Å². The van der Waals surface area contributed by atoms with Crippen molar-refractivity contribution in [3.63, 3.8) is 0 Å². The van der Waals surface area contributed by atoms with Crippen LogP contribution < -0.4 is 10.6 Å². The van der Waals surface area contributed by atoms with Gasteiger partial charge in [-0.3, -0.25) is 0 Å². The lowest BCUT2D eigenvalue weighted by atomic mass is 10.1. The molecule has 0 aliphatic rings. The highest BCUT2D eigenvalue weighted by molar-refractivity contribution is 6.33. The Labute approximate surface area is 124 Å². The number of nitrogens with zero attached hydrogens (tertiary/aromatic N) is 1. The fourth-order valence-electron chi connectivity index (χ4n) is 2.08. The lowest BCUT2D eigenvalue weighted by Crippen LogP contribution is -2.18. The smallest absolute Gasteiger partial charge is 0.128 e. The first-order valence-corrected chi connectivity index (χ1v) is 6.86. The van der Waals surface area contributed by atoms with Gasteiger partial charge in [0, 0.05) is 25.2 Å². The molecule has 0 bridgehead atoms. The van der Waals surface area contributed by atoms with Gasteiger partial charge in [0.1, 0.15) is 5.82 Å². The molecule has 0 spiro atoms. The molecule has 0 saturated heterocycles. The van der Waals surface area contributed by atoms with Crippen molar-refractivity contribution < 1.29 is 4.39 Å². The van der Waals surface area contributed by atoms with E-state index in [4.69, 9.17) is 17.3 Å². The zero-order valence-corrected chi connectivity index (χ0v) is 12.4. The lowest BCUT2D eigenvalue weighted by molar-refractivity contribution is 0.608. The summed E-state index contributed by atoms with van der Waals surface area (Å²) >= 11 is 6.28. The van der Waals surface area contributed by atoms with Crippen molar-refractivity contribution in [3.05, 3.63) is 64.4 Å². The van der Waals surface area contributed by atoms with Crippen molar-refractivity contribution in [2.45, 2.75) is 19.5 Å². The van der Waals surface area contributed by atoms with Gasteiger partial charge in [0.05, 0.1) is 10.7 Å². The van der Waals surface area contributed by atoms with E-state index in [1.54, 1.807) is 12.1 Å². The Balaban J connectivity index is 2.21. The normalized spacial score (nSPS) is 12.2. The standard InChI is InChI=1S/C16H18ClFN2/c1-11(19)12-7-8-16(14(17)9-12)20(2)10-13-5-3-4-6-15(13)18/h3-9,11H,10,19H2,1-2H3/t11-/m1/s1. The molecule has 2 rings (SSSR count). The molecule has 1 atom stereocenters. The summed E-state index contributed by atoms with van der Waals surface area (Å²) in [7, 11) is 1.89. The Morgan fingerprint density at radius 1 is 1.25 bits per heavy atom. The van der Waals surface area contributed by atoms with Crippen molar-refractivity contribution in [2.75, 3.05) is 11.9 Å². The van der Waals surface area contributed by atoms with Crippen LogP contribution in [-0.4, -0.2) is 7.05 Å². The molecule has 2 aromatic carbocycles. The van der Waals surface area contributed by atoms with Crippen LogP contribution in [-0.2, 0) is 6.54 Å². The monoisotopic (exact) mass is 292 g/mol. The molecule has 106 valence electrons. The summed E-state index contributed by atoms with van der Waals surface area (Å²) in [5.41, 5.74) is 8.32. The minimum absolute atomic E-state index is 0.0570. The average molecular weight is 293 g/mol. The molecule has 2 N–H and O–H groups in total. The van der Waals surface area contributed by atoms with Crippen molar-refractivity contribution in [3.8, 4) is 0 Å². The minimum atomic E-state index is -0.206. The molecule has 0 aliphatic carbocycles. The third kappa shape index (κ3) is 3.30. The van der Waals surface area contributed by atoms with Crippen molar-refractivity contribution >= 4 is 17.3 Å². The van der Waals surface area contributed by atoms with E-state index in [1.807, 2.05) is 43.1 Å². The van der Waals surface area contributed by atoms with E-state index in [9.17, 15) is 4.39 Å². The molecule has 4 heteroatoms. The van der Waals surface area contributed by atoms with Crippen LogP contribution in [0.5, 0.6) is 0 Å². The van der Waals surface area contributed by atoms with E-state index >= 15 is 0 Å². The number of hydrogen-bond donors (Lipinski definition) is 1. The van der Waals surface area contributed by atoms with E-state index in [1.165, 1.54) is 6.07 Å².